The number of hydrogen-bond acceptors (Lipinski definition) is 3. The maximum Gasteiger partial charge on any atom is 0.0726 e. The maximum atomic E-state index is 5.85. The zero-order valence-electron chi connectivity index (χ0n) is 13.7. The first-order valence-electron chi connectivity index (χ1n) is 7.68. The van der Waals surface area contributed by atoms with Gasteiger partial charge in [0.1, 0.15) is 0 Å². The Morgan fingerprint density at radius 1 is 1.24 bits per heavy atom. The summed E-state index contributed by atoms with van der Waals surface area (Å²) in [7, 11) is 0. The van der Waals surface area contributed by atoms with E-state index in [2.05, 4.69) is 79.0 Å². The molecule has 3 nitrogen and oxygen atoms in total. The molecular weight excluding hydrogens is 328 g/mol. The summed E-state index contributed by atoms with van der Waals surface area (Å²) < 4.78 is 6.98. The molecule has 1 aliphatic heterocycles. The SMILES string of the molecule is CC1CN(c2ccc(Br)cc2CNC(C)(C)C)CC(C)O1. The quantitative estimate of drug-likeness (QED) is 0.889. The molecule has 2 unspecified atom stereocenters. The molecule has 2 rings (SSSR count). The van der Waals surface area contributed by atoms with Crippen LogP contribution in [-0.4, -0.2) is 30.8 Å². The Balaban J connectivity index is 2.21. The van der Waals surface area contributed by atoms with Crippen molar-refractivity contribution in [1.29, 1.82) is 0 Å². The van der Waals surface area contributed by atoms with Gasteiger partial charge in [-0.3, -0.25) is 0 Å². The fourth-order valence-corrected chi connectivity index (χ4v) is 3.15. The second-order valence-corrected chi connectivity index (χ2v) is 7.95. The molecule has 2 atom stereocenters. The maximum absolute atomic E-state index is 5.85. The molecule has 1 aliphatic rings. The third-order valence-electron chi connectivity index (χ3n) is 3.61. The highest BCUT2D eigenvalue weighted by Gasteiger charge is 2.24. The van der Waals surface area contributed by atoms with Crippen LogP contribution in [0, 0.1) is 0 Å². The number of nitrogens with one attached hydrogen (secondary N) is 1. The minimum Gasteiger partial charge on any atom is -0.372 e. The second kappa shape index (κ2) is 6.67. The number of ether oxygens (including phenoxy) is 1. The van der Waals surface area contributed by atoms with Gasteiger partial charge in [0.15, 0.2) is 0 Å². The number of hydrogen-bond donors (Lipinski definition) is 1. The monoisotopic (exact) mass is 354 g/mol. The predicted molar refractivity (Wildman–Crippen MR) is 93.0 cm³/mol. The lowest BCUT2D eigenvalue weighted by atomic mass is 10.1. The molecule has 1 N–H and O–H groups in total. The highest BCUT2D eigenvalue weighted by molar-refractivity contribution is 9.10. The highest BCUT2D eigenvalue weighted by atomic mass is 79.9. The first kappa shape index (κ1) is 16.8. The third-order valence-corrected chi connectivity index (χ3v) is 4.10. The van der Waals surface area contributed by atoms with E-state index in [1.165, 1.54) is 11.3 Å². The van der Waals surface area contributed by atoms with E-state index in [9.17, 15) is 0 Å². The summed E-state index contributed by atoms with van der Waals surface area (Å²) in [5.74, 6) is 0. The van der Waals surface area contributed by atoms with Crippen LogP contribution in [0.2, 0.25) is 0 Å². The van der Waals surface area contributed by atoms with Crippen LogP contribution in [-0.2, 0) is 11.3 Å². The van der Waals surface area contributed by atoms with Crippen LogP contribution < -0.4 is 10.2 Å². The molecule has 1 saturated heterocycles. The topological polar surface area (TPSA) is 24.5 Å². The Hall–Kier alpha value is -0.580. The Labute approximate surface area is 137 Å². The van der Waals surface area contributed by atoms with E-state index in [1.807, 2.05) is 0 Å². The van der Waals surface area contributed by atoms with Gasteiger partial charge in [-0.1, -0.05) is 15.9 Å². The number of anilines is 1. The van der Waals surface area contributed by atoms with Crippen molar-refractivity contribution in [1.82, 2.24) is 5.32 Å². The van der Waals surface area contributed by atoms with E-state index in [1.54, 1.807) is 0 Å². The van der Waals surface area contributed by atoms with Gasteiger partial charge < -0.3 is 15.0 Å². The summed E-state index contributed by atoms with van der Waals surface area (Å²) in [6.45, 7) is 13.7. The van der Waals surface area contributed by atoms with E-state index in [-0.39, 0.29) is 17.7 Å². The summed E-state index contributed by atoms with van der Waals surface area (Å²) in [6.07, 6.45) is 0.557. The number of nitrogens with zero attached hydrogens (tertiary/aromatic N) is 1. The third kappa shape index (κ3) is 4.97. The molecule has 0 saturated carbocycles. The number of halogens is 1. The van der Waals surface area contributed by atoms with Crippen molar-refractivity contribution in [2.45, 2.75) is 58.9 Å². The van der Waals surface area contributed by atoms with Gasteiger partial charge in [-0.2, -0.15) is 0 Å². The minimum atomic E-state index is 0.116. The van der Waals surface area contributed by atoms with Crippen molar-refractivity contribution in [2.24, 2.45) is 0 Å². The van der Waals surface area contributed by atoms with Gasteiger partial charge in [0.25, 0.3) is 0 Å². The molecule has 4 heteroatoms. The molecule has 1 aromatic rings. The van der Waals surface area contributed by atoms with Crippen LogP contribution >= 0.6 is 15.9 Å². The second-order valence-electron chi connectivity index (χ2n) is 7.04. The lowest BCUT2D eigenvalue weighted by Crippen LogP contribution is -2.46. The Morgan fingerprint density at radius 2 is 1.86 bits per heavy atom. The largest absolute Gasteiger partial charge is 0.372 e. The molecule has 1 fully saturated rings. The van der Waals surface area contributed by atoms with Crippen molar-refractivity contribution in [3.8, 4) is 0 Å². The van der Waals surface area contributed by atoms with Crippen LogP contribution in [0.3, 0.4) is 0 Å². The van der Waals surface area contributed by atoms with Crippen LogP contribution in [0.25, 0.3) is 0 Å². The normalized spacial score (nSPS) is 23.4. The molecule has 118 valence electrons. The van der Waals surface area contributed by atoms with Gasteiger partial charge in [-0.05, 0) is 58.4 Å². The molecule has 0 radical (unpaired) electrons. The summed E-state index contributed by atoms with van der Waals surface area (Å²) in [5.41, 5.74) is 2.77. The molecule has 0 aromatic heterocycles. The molecule has 0 aliphatic carbocycles. The summed E-state index contributed by atoms with van der Waals surface area (Å²) in [5, 5.41) is 3.59. The van der Waals surface area contributed by atoms with E-state index in [0.29, 0.717) is 0 Å². The minimum absolute atomic E-state index is 0.116. The van der Waals surface area contributed by atoms with Crippen LogP contribution in [0.15, 0.2) is 22.7 Å². The first-order valence-corrected chi connectivity index (χ1v) is 8.48. The van der Waals surface area contributed by atoms with Gasteiger partial charge >= 0.3 is 0 Å². The van der Waals surface area contributed by atoms with Gasteiger partial charge in [0.2, 0.25) is 0 Å². The van der Waals surface area contributed by atoms with Crippen LogP contribution in [0.4, 0.5) is 5.69 Å². The highest BCUT2D eigenvalue weighted by Crippen LogP contribution is 2.28. The first-order chi connectivity index (χ1) is 9.74. The predicted octanol–water partition coefficient (Wildman–Crippen LogP) is 3.95. The lowest BCUT2D eigenvalue weighted by Gasteiger charge is -2.38. The zero-order valence-corrected chi connectivity index (χ0v) is 15.3. The molecule has 1 aromatic carbocycles. The Kier molecular flexibility index (Phi) is 5.33. The van der Waals surface area contributed by atoms with Gasteiger partial charge in [-0.15, -0.1) is 0 Å². The number of benzene rings is 1. The Bertz CT molecular complexity index is 474. The fraction of sp³-hybridized carbons (Fsp3) is 0.647. The van der Waals surface area contributed by atoms with Gasteiger partial charge in [0.05, 0.1) is 12.2 Å². The summed E-state index contributed by atoms with van der Waals surface area (Å²) in [6, 6.07) is 6.56. The molecule has 0 amide bonds. The van der Waals surface area contributed by atoms with Crippen LogP contribution in [0.1, 0.15) is 40.2 Å². The van der Waals surface area contributed by atoms with Crippen LogP contribution in [0.5, 0.6) is 0 Å². The van der Waals surface area contributed by atoms with E-state index in [0.717, 1.165) is 24.1 Å². The van der Waals surface area contributed by atoms with Crippen molar-refractivity contribution < 1.29 is 4.74 Å². The van der Waals surface area contributed by atoms with E-state index in [4.69, 9.17) is 4.74 Å². The standard InChI is InChI=1S/C17H27BrN2O/c1-12-10-20(11-13(2)21-12)16-7-6-15(18)8-14(16)9-19-17(3,4)5/h6-8,12-13,19H,9-11H2,1-5H3. The molecule has 0 spiro atoms. The molecule has 1 heterocycles. The Morgan fingerprint density at radius 3 is 2.43 bits per heavy atom. The van der Waals surface area contributed by atoms with Gasteiger partial charge in [-0.25, -0.2) is 0 Å². The number of morpholine rings is 1. The van der Waals surface area contributed by atoms with E-state index >= 15 is 0 Å². The van der Waals surface area contributed by atoms with E-state index < -0.39 is 0 Å². The molecular formula is C17H27BrN2O. The van der Waals surface area contributed by atoms with Crippen molar-refractivity contribution >= 4 is 21.6 Å². The van der Waals surface area contributed by atoms with Crippen molar-refractivity contribution in [3.63, 3.8) is 0 Å². The average molecular weight is 355 g/mol. The average Bonchev–Trinajstić information content (AvgIpc) is 2.34. The lowest BCUT2D eigenvalue weighted by molar-refractivity contribution is -0.00527. The zero-order chi connectivity index (χ0) is 15.6. The van der Waals surface area contributed by atoms with Gasteiger partial charge in [0, 0.05) is 35.3 Å². The molecule has 0 bridgehead atoms. The smallest absolute Gasteiger partial charge is 0.0726 e. The van der Waals surface area contributed by atoms with Crippen molar-refractivity contribution in [3.05, 3.63) is 28.2 Å². The van der Waals surface area contributed by atoms with Crippen molar-refractivity contribution in [2.75, 3.05) is 18.0 Å². The molecule has 21 heavy (non-hydrogen) atoms. The summed E-state index contributed by atoms with van der Waals surface area (Å²) >= 11 is 3.59. The number of rotatable bonds is 3. The summed E-state index contributed by atoms with van der Waals surface area (Å²) in [4.78, 5) is 2.45. The fourth-order valence-electron chi connectivity index (χ4n) is 2.74.